The van der Waals surface area contributed by atoms with Gasteiger partial charge in [-0.15, -0.1) is 0 Å². The topological polar surface area (TPSA) is 125 Å². The van der Waals surface area contributed by atoms with Gasteiger partial charge in [0, 0.05) is 30.8 Å². The number of fused-ring (bicyclic) bond motifs is 1. The number of anilines is 1. The molecule has 9 nitrogen and oxygen atoms in total. The first-order chi connectivity index (χ1) is 15.1. The van der Waals surface area contributed by atoms with Gasteiger partial charge in [-0.1, -0.05) is 18.2 Å². The Kier molecular flexibility index (Phi) is 6.61. The van der Waals surface area contributed by atoms with Crippen LogP contribution in [0.1, 0.15) is 36.0 Å². The van der Waals surface area contributed by atoms with Crippen molar-refractivity contribution in [2.24, 2.45) is 5.92 Å². The van der Waals surface area contributed by atoms with Crippen molar-refractivity contribution >= 4 is 17.9 Å². The molecule has 0 aromatic carbocycles. The molecule has 1 saturated heterocycles. The number of carbonyl (C=O) groups is 2. The summed E-state index contributed by atoms with van der Waals surface area (Å²) in [6.45, 7) is 2.20. The minimum atomic E-state index is -0.831. The standard InChI is InChI=1S/C22H27N5O4/c28-20(29)10-15-11-24-19-9-14(1-2-18(15)19)5-8-31-21(30)16-12-25-22(26-13-16)27-17-3-6-23-7-4-17/h1-2,9,11-13,17-19,23-24H,3-8,10H2,(H,28,29)(H,25,26,27). The minimum absolute atomic E-state index is 0.0353. The van der Waals surface area contributed by atoms with Crippen LogP contribution in [0.5, 0.6) is 0 Å². The number of aromatic nitrogens is 2. The second-order valence-electron chi connectivity index (χ2n) is 7.96. The predicted octanol–water partition coefficient (Wildman–Crippen LogP) is 1.63. The van der Waals surface area contributed by atoms with E-state index in [0.717, 1.165) is 37.1 Å². The van der Waals surface area contributed by atoms with Gasteiger partial charge in [-0.3, -0.25) is 4.79 Å². The third-order valence-corrected chi connectivity index (χ3v) is 5.73. The summed E-state index contributed by atoms with van der Waals surface area (Å²) in [6, 6.07) is 0.402. The normalized spacial score (nSPS) is 22.7. The summed E-state index contributed by atoms with van der Waals surface area (Å²) in [6.07, 6.45) is 13.5. The molecule has 3 heterocycles. The van der Waals surface area contributed by atoms with Crippen LogP contribution < -0.4 is 16.0 Å². The number of nitrogens with one attached hydrogen (secondary N) is 3. The number of carbonyl (C=O) groups excluding carboxylic acids is 1. The molecule has 0 spiro atoms. The second kappa shape index (κ2) is 9.74. The minimum Gasteiger partial charge on any atom is -0.481 e. The van der Waals surface area contributed by atoms with Crippen LogP contribution in [-0.4, -0.2) is 58.8 Å². The fraction of sp³-hybridized carbons (Fsp3) is 0.455. The lowest BCUT2D eigenvalue weighted by Gasteiger charge is -2.23. The molecule has 9 heteroatoms. The van der Waals surface area contributed by atoms with E-state index < -0.39 is 11.9 Å². The maximum atomic E-state index is 12.3. The van der Waals surface area contributed by atoms with Crippen molar-refractivity contribution in [3.63, 3.8) is 0 Å². The van der Waals surface area contributed by atoms with E-state index in [1.54, 1.807) is 6.20 Å². The van der Waals surface area contributed by atoms with Gasteiger partial charge < -0.3 is 25.8 Å². The first-order valence-electron chi connectivity index (χ1n) is 10.6. The number of rotatable bonds is 8. The number of carboxylic acid groups (broad SMARTS) is 1. The number of hydrogen-bond donors (Lipinski definition) is 4. The summed E-state index contributed by atoms with van der Waals surface area (Å²) >= 11 is 0. The van der Waals surface area contributed by atoms with E-state index in [0.29, 0.717) is 24.0 Å². The quantitative estimate of drug-likeness (QED) is 0.460. The van der Waals surface area contributed by atoms with Gasteiger partial charge in [0.2, 0.25) is 5.95 Å². The molecule has 0 bridgehead atoms. The van der Waals surface area contributed by atoms with Crippen LogP contribution >= 0.6 is 0 Å². The van der Waals surface area contributed by atoms with Gasteiger partial charge >= 0.3 is 11.9 Å². The summed E-state index contributed by atoms with van der Waals surface area (Å²) < 4.78 is 5.37. The van der Waals surface area contributed by atoms with E-state index in [4.69, 9.17) is 9.84 Å². The highest BCUT2D eigenvalue weighted by Crippen LogP contribution is 2.31. The predicted molar refractivity (Wildman–Crippen MR) is 114 cm³/mol. The van der Waals surface area contributed by atoms with E-state index in [-0.39, 0.29) is 25.0 Å². The van der Waals surface area contributed by atoms with Gasteiger partial charge in [0.1, 0.15) is 0 Å². The molecule has 164 valence electrons. The number of nitrogens with zero attached hydrogens (tertiary/aromatic N) is 2. The average molecular weight is 425 g/mol. The van der Waals surface area contributed by atoms with Crippen LogP contribution in [0.3, 0.4) is 0 Å². The zero-order chi connectivity index (χ0) is 21.6. The van der Waals surface area contributed by atoms with E-state index in [1.165, 1.54) is 12.4 Å². The van der Waals surface area contributed by atoms with Crippen molar-refractivity contribution in [2.45, 2.75) is 37.8 Å². The van der Waals surface area contributed by atoms with Crippen LogP contribution in [0.15, 0.2) is 48.0 Å². The molecule has 31 heavy (non-hydrogen) atoms. The number of hydrogen-bond acceptors (Lipinski definition) is 8. The molecule has 1 aliphatic carbocycles. The Labute approximate surface area is 180 Å². The summed E-state index contributed by atoms with van der Waals surface area (Å²) in [5, 5.41) is 18.8. The van der Waals surface area contributed by atoms with Crippen molar-refractivity contribution < 1.29 is 19.4 Å². The molecular weight excluding hydrogens is 398 g/mol. The largest absolute Gasteiger partial charge is 0.481 e. The highest BCUT2D eigenvalue weighted by atomic mass is 16.5. The molecule has 2 aliphatic heterocycles. The molecule has 0 amide bonds. The molecular formula is C22H27N5O4. The molecule has 2 unspecified atom stereocenters. The van der Waals surface area contributed by atoms with Crippen LogP contribution in [0.25, 0.3) is 0 Å². The lowest BCUT2D eigenvalue weighted by atomic mass is 9.87. The number of ether oxygens (including phenoxy) is 1. The molecule has 4 N–H and O–H groups in total. The van der Waals surface area contributed by atoms with Crippen LogP contribution in [0, 0.1) is 5.92 Å². The number of piperidine rings is 1. The van der Waals surface area contributed by atoms with Crippen molar-refractivity contribution in [2.75, 3.05) is 25.0 Å². The van der Waals surface area contributed by atoms with Gasteiger partial charge in [0.05, 0.1) is 24.6 Å². The summed E-state index contributed by atoms with van der Waals surface area (Å²) in [4.78, 5) is 31.7. The van der Waals surface area contributed by atoms with E-state index in [1.807, 2.05) is 12.2 Å². The molecule has 1 aromatic heterocycles. The number of carboxylic acids is 1. The Morgan fingerprint density at radius 2 is 2.00 bits per heavy atom. The van der Waals surface area contributed by atoms with Crippen LogP contribution in [0.4, 0.5) is 5.95 Å². The lowest BCUT2D eigenvalue weighted by molar-refractivity contribution is -0.136. The third-order valence-electron chi connectivity index (χ3n) is 5.73. The monoisotopic (exact) mass is 425 g/mol. The SMILES string of the molecule is O=C(O)CC1=CNC2C=C(CCOC(=O)c3cnc(NC4CCNCC4)nc3)C=CC12. The fourth-order valence-electron chi connectivity index (χ4n) is 4.05. The Bertz CT molecular complexity index is 903. The van der Waals surface area contributed by atoms with Gasteiger partial charge in [0.25, 0.3) is 0 Å². The van der Waals surface area contributed by atoms with Crippen molar-refractivity contribution in [3.8, 4) is 0 Å². The van der Waals surface area contributed by atoms with Crippen molar-refractivity contribution in [1.82, 2.24) is 20.6 Å². The van der Waals surface area contributed by atoms with Gasteiger partial charge in [-0.25, -0.2) is 14.8 Å². The maximum Gasteiger partial charge on any atom is 0.341 e. The lowest BCUT2D eigenvalue weighted by Crippen LogP contribution is -2.35. The average Bonchev–Trinajstić information content (AvgIpc) is 3.16. The zero-order valence-corrected chi connectivity index (χ0v) is 17.2. The smallest absolute Gasteiger partial charge is 0.341 e. The number of esters is 1. The Morgan fingerprint density at radius 3 is 2.74 bits per heavy atom. The van der Waals surface area contributed by atoms with E-state index >= 15 is 0 Å². The van der Waals surface area contributed by atoms with Crippen LogP contribution in [0.2, 0.25) is 0 Å². The molecule has 4 rings (SSSR count). The summed E-state index contributed by atoms with van der Waals surface area (Å²) in [7, 11) is 0. The Morgan fingerprint density at radius 1 is 1.23 bits per heavy atom. The van der Waals surface area contributed by atoms with Crippen LogP contribution in [-0.2, 0) is 9.53 Å². The maximum absolute atomic E-state index is 12.3. The Balaban J connectivity index is 1.22. The zero-order valence-electron chi connectivity index (χ0n) is 17.2. The van der Waals surface area contributed by atoms with Gasteiger partial charge in [-0.2, -0.15) is 0 Å². The van der Waals surface area contributed by atoms with E-state index in [2.05, 4.69) is 32.0 Å². The number of aliphatic carboxylic acids is 1. The fourth-order valence-corrected chi connectivity index (χ4v) is 4.05. The molecule has 1 fully saturated rings. The first kappa shape index (κ1) is 21.0. The van der Waals surface area contributed by atoms with Crippen molar-refractivity contribution in [1.29, 1.82) is 0 Å². The van der Waals surface area contributed by atoms with Crippen molar-refractivity contribution in [3.05, 3.63) is 53.5 Å². The highest BCUT2D eigenvalue weighted by Gasteiger charge is 2.29. The van der Waals surface area contributed by atoms with Gasteiger partial charge in [0.15, 0.2) is 0 Å². The summed E-state index contributed by atoms with van der Waals surface area (Å²) in [5.41, 5.74) is 2.24. The Hall–Kier alpha value is -3.20. The first-order valence-corrected chi connectivity index (χ1v) is 10.6. The molecule has 0 radical (unpaired) electrons. The molecule has 0 saturated carbocycles. The second-order valence-corrected chi connectivity index (χ2v) is 7.96. The highest BCUT2D eigenvalue weighted by molar-refractivity contribution is 5.88. The molecule has 1 aromatic rings. The third kappa shape index (κ3) is 5.49. The molecule has 2 atom stereocenters. The number of allylic oxidation sites excluding steroid dienone is 1. The molecule has 3 aliphatic rings. The van der Waals surface area contributed by atoms with E-state index in [9.17, 15) is 9.59 Å². The van der Waals surface area contributed by atoms with Gasteiger partial charge in [-0.05, 0) is 43.3 Å². The summed E-state index contributed by atoms with van der Waals surface area (Å²) in [5.74, 6) is -0.689.